The molecular formula is C20H21FN8O2. The number of nitrogens with one attached hydrogen (secondary N) is 1. The lowest BCUT2D eigenvalue weighted by atomic mass is 10.0. The van der Waals surface area contributed by atoms with Crippen LogP contribution in [0.3, 0.4) is 0 Å². The van der Waals surface area contributed by atoms with Crippen LogP contribution in [0.25, 0.3) is 0 Å². The number of rotatable bonds is 6. The van der Waals surface area contributed by atoms with E-state index in [1.54, 1.807) is 17.1 Å². The third-order valence-electron chi connectivity index (χ3n) is 5.03. The zero-order valence-electron chi connectivity index (χ0n) is 17.2. The van der Waals surface area contributed by atoms with Gasteiger partial charge in [0.05, 0.1) is 13.7 Å². The summed E-state index contributed by atoms with van der Waals surface area (Å²) in [5, 5.41) is 14.1. The minimum atomic E-state index is -0.474. The lowest BCUT2D eigenvalue weighted by molar-refractivity contribution is 0.0962. The second-order valence-corrected chi connectivity index (χ2v) is 7.05. The van der Waals surface area contributed by atoms with E-state index in [1.165, 1.54) is 26.3 Å². The second kappa shape index (κ2) is 8.94. The highest BCUT2D eigenvalue weighted by molar-refractivity contribution is 5.94. The Morgan fingerprint density at radius 1 is 1.26 bits per heavy atom. The van der Waals surface area contributed by atoms with Crippen molar-refractivity contribution in [2.75, 3.05) is 14.2 Å². The van der Waals surface area contributed by atoms with Gasteiger partial charge in [-0.15, -0.1) is 5.10 Å². The molecule has 160 valence electrons. The number of methoxy groups -OCH3 is 1. The molecule has 1 amide bonds. The maximum absolute atomic E-state index is 14.6. The maximum Gasteiger partial charge on any atom is 0.251 e. The van der Waals surface area contributed by atoms with Crippen molar-refractivity contribution < 1.29 is 13.9 Å². The summed E-state index contributed by atoms with van der Waals surface area (Å²) in [5.74, 6) is 0.474. The molecule has 0 bridgehead atoms. The highest BCUT2D eigenvalue weighted by atomic mass is 19.1. The summed E-state index contributed by atoms with van der Waals surface area (Å²) in [5.41, 5.74) is 2.48. The Hall–Kier alpha value is -3.76. The zero-order valence-corrected chi connectivity index (χ0v) is 17.2. The number of amides is 1. The van der Waals surface area contributed by atoms with Crippen molar-refractivity contribution in [2.45, 2.75) is 32.2 Å². The average molecular weight is 424 g/mol. The van der Waals surface area contributed by atoms with Crippen LogP contribution in [0.4, 0.5) is 10.3 Å². The highest BCUT2D eigenvalue weighted by Crippen LogP contribution is 2.24. The van der Waals surface area contributed by atoms with Crippen molar-refractivity contribution in [1.29, 1.82) is 0 Å². The Morgan fingerprint density at radius 3 is 2.81 bits per heavy atom. The summed E-state index contributed by atoms with van der Waals surface area (Å²) in [6.45, 7) is 0.524. The fourth-order valence-corrected chi connectivity index (χ4v) is 3.34. The monoisotopic (exact) mass is 424 g/mol. The third kappa shape index (κ3) is 4.55. The van der Waals surface area contributed by atoms with Crippen LogP contribution in [0.5, 0.6) is 5.75 Å². The summed E-state index contributed by atoms with van der Waals surface area (Å²) in [4.78, 5) is 25.0. The Morgan fingerprint density at radius 2 is 2.06 bits per heavy atom. The van der Waals surface area contributed by atoms with Crippen LogP contribution in [-0.2, 0) is 25.8 Å². The van der Waals surface area contributed by atoms with E-state index >= 15 is 0 Å². The second-order valence-electron chi connectivity index (χ2n) is 7.05. The molecule has 0 atom stereocenters. The molecule has 1 aliphatic rings. The topological polar surface area (TPSA) is 120 Å². The lowest BCUT2D eigenvalue weighted by Gasteiger charge is -2.12. The Bertz CT molecular complexity index is 1130. The van der Waals surface area contributed by atoms with Crippen molar-refractivity contribution in [2.24, 2.45) is 4.99 Å². The molecule has 0 fully saturated rings. The van der Waals surface area contributed by atoms with Gasteiger partial charge in [0, 0.05) is 37.1 Å². The molecule has 1 aromatic carbocycles. The molecule has 0 unspecified atom stereocenters. The number of carbonyl (C=O) groups excluding carboxylic acids is 1. The number of aliphatic imine (C=N–C) groups is 1. The molecule has 10 nitrogen and oxygen atoms in total. The van der Waals surface area contributed by atoms with E-state index < -0.39 is 5.82 Å². The van der Waals surface area contributed by atoms with Gasteiger partial charge in [-0.3, -0.25) is 4.79 Å². The standard InChI is InChI=1S/C20H21FN8O2/c1-22-19(30)14-7-13(18(21)16(8-14)31-2)4-3-12-9-23-20(24-10-12)25-15-5-6-17-26-27-28-29(17)11-15/h7-10H,3-6,11H2,1-2H3,(H,22,30). The number of carbonyl (C=O) groups is 1. The first-order valence-electron chi connectivity index (χ1n) is 9.78. The molecule has 1 aliphatic heterocycles. The molecule has 4 rings (SSSR count). The SMILES string of the molecule is CNC(=O)c1cc(CCc2cnc(N=C3CCc4nnnn4C3)nc2)c(F)c(OC)c1. The Balaban J connectivity index is 1.44. The molecule has 0 aliphatic carbocycles. The van der Waals surface area contributed by atoms with Crippen molar-refractivity contribution in [1.82, 2.24) is 35.5 Å². The van der Waals surface area contributed by atoms with E-state index in [0.717, 1.165) is 29.9 Å². The van der Waals surface area contributed by atoms with Crippen LogP contribution in [0.1, 0.15) is 33.7 Å². The predicted molar refractivity (Wildman–Crippen MR) is 109 cm³/mol. The molecular weight excluding hydrogens is 403 g/mol. The van der Waals surface area contributed by atoms with Gasteiger partial charge in [-0.1, -0.05) is 0 Å². The van der Waals surface area contributed by atoms with Gasteiger partial charge in [0.25, 0.3) is 5.91 Å². The van der Waals surface area contributed by atoms with E-state index in [2.05, 4.69) is 35.8 Å². The van der Waals surface area contributed by atoms with Crippen molar-refractivity contribution >= 4 is 17.6 Å². The van der Waals surface area contributed by atoms with Crippen LogP contribution < -0.4 is 10.1 Å². The van der Waals surface area contributed by atoms with E-state index in [-0.39, 0.29) is 11.7 Å². The number of aromatic nitrogens is 6. The summed E-state index contributed by atoms with van der Waals surface area (Å²) in [7, 11) is 2.89. The largest absolute Gasteiger partial charge is 0.494 e. The number of fused-ring (bicyclic) bond motifs is 1. The van der Waals surface area contributed by atoms with Gasteiger partial charge in [0.1, 0.15) is 0 Å². The number of hydrogen-bond donors (Lipinski definition) is 1. The summed E-state index contributed by atoms with van der Waals surface area (Å²) >= 11 is 0. The number of halogens is 1. The average Bonchev–Trinajstić information content (AvgIpc) is 3.26. The minimum Gasteiger partial charge on any atom is -0.494 e. The lowest BCUT2D eigenvalue weighted by Crippen LogP contribution is -2.21. The van der Waals surface area contributed by atoms with Crippen molar-refractivity contribution in [3.63, 3.8) is 0 Å². The maximum atomic E-state index is 14.6. The van der Waals surface area contributed by atoms with Crippen LogP contribution in [-0.4, -0.2) is 56.0 Å². The number of hydrogen-bond acceptors (Lipinski definition) is 8. The fourth-order valence-electron chi connectivity index (χ4n) is 3.34. The molecule has 11 heteroatoms. The van der Waals surface area contributed by atoms with Crippen LogP contribution in [0, 0.1) is 5.82 Å². The van der Waals surface area contributed by atoms with Gasteiger partial charge in [0.15, 0.2) is 17.4 Å². The van der Waals surface area contributed by atoms with Gasteiger partial charge < -0.3 is 10.1 Å². The molecule has 3 heterocycles. The van der Waals surface area contributed by atoms with Gasteiger partial charge in [-0.25, -0.2) is 24.0 Å². The zero-order chi connectivity index (χ0) is 21.8. The number of ether oxygens (including phenoxy) is 1. The molecule has 2 aromatic heterocycles. The highest BCUT2D eigenvalue weighted by Gasteiger charge is 2.17. The molecule has 0 spiro atoms. The first kappa shape index (κ1) is 20.5. The number of tetrazole rings is 1. The predicted octanol–water partition coefficient (Wildman–Crippen LogP) is 1.47. The summed E-state index contributed by atoms with van der Waals surface area (Å²) in [6, 6.07) is 2.92. The van der Waals surface area contributed by atoms with E-state index in [9.17, 15) is 9.18 Å². The first-order chi connectivity index (χ1) is 15.1. The van der Waals surface area contributed by atoms with Gasteiger partial charge in [-0.05, 0) is 52.9 Å². The number of aryl methyl sites for hydroxylation is 3. The summed E-state index contributed by atoms with van der Waals surface area (Å²) < 4.78 is 21.4. The van der Waals surface area contributed by atoms with Crippen LogP contribution >= 0.6 is 0 Å². The van der Waals surface area contributed by atoms with Crippen LogP contribution in [0.2, 0.25) is 0 Å². The van der Waals surface area contributed by atoms with E-state index in [4.69, 9.17) is 4.74 Å². The quantitative estimate of drug-likeness (QED) is 0.636. The smallest absolute Gasteiger partial charge is 0.251 e. The van der Waals surface area contributed by atoms with Gasteiger partial charge in [0.2, 0.25) is 5.95 Å². The molecule has 3 aromatic rings. The van der Waals surface area contributed by atoms with Crippen molar-refractivity contribution in [3.05, 3.63) is 52.9 Å². The Kier molecular flexibility index (Phi) is 5.92. The third-order valence-corrected chi connectivity index (χ3v) is 5.03. The minimum absolute atomic E-state index is 0.0387. The number of benzene rings is 1. The molecule has 0 saturated heterocycles. The van der Waals surface area contributed by atoms with Crippen molar-refractivity contribution in [3.8, 4) is 5.75 Å². The first-order valence-corrected chi connectivity index (χ1v) is 9.78. The van der Waals surface area contributed by atoms with E-state index in [0.29, 0.717) is 36.5 Å². The van der Waals surface area contributed by atoms with Gasteiger partial charge in [-0.2, -0.15) is 0 Å². The fraction of sp³-hybridized carbons (Fsp3) is 0.350. The molecule has 31 heavy (non-hydrogen) atoms. The van der Waals surface area contributed by atoms with Crippen LogP contribution in [0.15, 0.2) is 29.5 Å². The number of nitrogens with zero attached hydrogens (tertiary/aromatic N) is 7. The summed E-state index contributed by atoms with van der Waals surface area (Å²) in [6.07, 6.45) is 5.71. The normalized spacial score (nSPS) is 14.4. The van der Waals surface area contributed by atoms with Gasteiger partial charge >= 0.3 is 0 Å². The van der Waals surface area contributed by atoms with E-state index in [1.807, 2.05) is 0 Å². The molecule has 0 radical (unpaired) electrons. The Labute approximate surface area is 177 Å². The molecule has 0 saturated carbocycles. The molecule has 1 N–H and O–H groups in total.